The molecule has 5 atom stereocenters. The van der Waals surface area contributed by atoms with Crippen LogP contribution in [0.25, 0.3) is 0 Å². The van der Waals surface area contributed by atoms with Gasteiger partial charge in [0.1, 0.15) is 5.78 Å². The molecule has 0 amide bonds. The average molecular weight is 340 g/mol. The maximum atomic E-state index is 12.0. The quantitative estimate of drug-likeness (QED) is 0.650. The molecule has 4 aliphatic carbocycles. The third-order valence-electron chi connectivity index (χ3n) is 8.13. The number of carbonyl (C=O) groups is 1. The van der Waals surface area contributed by atoms with E-state index in [9.17, 15) is 4.79 Å². The van der Waals surface area contributed by atoms with Gasteiger partial charge in [0.25, 0.3) is 0 Å². The Bertz CT molecular complexity index is 670. The molecule has 0 radical (unpaired) electrons. The van der Waals surface area contributed by atoms with Gasteiger partial charge in [0, 0.05) is 26.9 Å². The van der Waals surface area contributed by atoms with Gasteiger partial charge >= 0.3 is 0 Å². The first-order valence-electron chi connectivity index (χ1n) is 10.1. The molecule has 2 heteroatoms. The van der Waals surface area contributed by atoms with Crippen LogP contribution in [0.4, 0.5) is 0 Å². The highest BCUT2D eigenvalue weighted by atomic mass is 16.1. The van der Waals surface area contributed by atoms with E-state index >= 15 is 0 Å². The topological polar surface area (TPSA) is 20.3 Å². The van der Waals surface area contributed by atoms with Crippen molar-refractivity contribution in [2.24, 2.45) is 28.6 Å². The maximum Gasteiger partial charge on any atom is 0.136 e. The minimum Gasteiger partial charge on any atom is -0.383 e. The smallest absolute Gasteiger partial charge is 0.136 e. The van der Waals surface area contributed by atoms with E-state index in [2.05, 4.69) is 57.3 Å². The summed E-state index contributed by atoms with van der Waals surface area (Å²) in [5.74, 6) is 2.81. The van der Waals surface area contributed by atoms with Gasteiger partial charge in [-0.15, -0.1) is 0 Å². The lowest BCUT2D eigenvalue weighted by molar-refractivity contribution is -0.122. The van der Waals surface area contributed by atoms with Crippen LogP contribution in [-0.2, 0) is 4.79 Å². The second-order valence-corrected chi connectivity index (χ2v) is 9.61. The van der Waals surface area contributed by atoms with Crippen LogP contribution in [-0.4, -0.2) is 24.8 Å². The van der Waals surface area contributed by atoms with Gasteiger partial charge in [-0.2, -0.15) is 0 Å². The summed E-state index contributed by atoms with van der Waals surface area (Å²) in [6.07, 6.45) is 17.2. The van der Waals surface area contributed by atoms with Crippen LogP contribution >= 0.6 is 0 Å². The molecule has 0 N–H and O–H groups in total. The van der Waals surface area contributed by atoms with E-state index < -0.39 is 0 Å². The van der Waals surface area contributed by atoms with Gasteiger partial charge in [0.15, 0.2) is 0 Å². The predicted octanol–water partition coefficient (Wildman–Crippen LogP) is 5.13. The molecule has 2 nitrogen and oxygen atoms in total. The molecule has 0 heterocycles. The van der Waals surface area contributed by atoms with E-state index in [0.717, 1.165) is 37.0 Å². The summed E-state index contributed by atoms with van der Waals surface area (Å²) in [4.78, 5) is 14.1. The highest BCUT2D eigenvalue weighted by molar-refractivity contribution is 5.82. The Morgan fingerprint density at radius 3 is 2.64 bits per heavy atom. The zero-order chi connectivity index (χ0) is 17.8. The molecule has 0 unspecified atom stereocenters. The molecule has 0 saturated heterocycles. The van der Waals surface area contributed by atoms with Crippen LogP contribution in [0.5, 0.6) is 0 Å². The molecule has 4 rings (SSSR count). The molecule has 0 spiro atoms. The van der Waals surface area contributed by atoms with Crippen LogP contribution in [0.2, 0.25) is 0 Å². The molecule has 0 bridgehead atoms. The summed E-state index contributed by atoms with van der Waals surface area (Å²) in [5.41, 5.74) is 3.68. The molecule has 2 fully saturated rings. The van der Waals surface area contributed by atoms with Crippen LogP contribution in [0, 0.1) is 28.6 Å². The van der Waals surface area contributed by atoms with Gasteiger partial charge in [-0.3, -0.25) is 4.79 Å². The Labute approximate surface area is 153 Å². The maximum absolute atomic E-state index is 12.0. The Kier molecular flexibility index (Phi) is 4.01. The van der Waals surface area contributed by atoms with Crippen LogP contribution in [0.15, 0.2) is 35.6 Å². The second kappa shape index (κ2) is 5.86. The van der Waals surface area contributed by atoms with Gasteiger partial charge in [-0.05, 0) is 78.5 Å². The standard InChI is InChI=1S/C23H33NO/c1-22-13-10-21-19(20(22)8-6-16(22)11-14-24(3)4)7-5-17-15-18(25)9-12-23(17,21)2/h5-6,11,14,19-21H,7-10,12-13,15H2,1-4H3/b14-11+/t19-,20-,21-,22+,23-/m0/s1. The Morgan fingerprint density at radius 2 is 1.88 bits per heavy atom. The fourth-order valence-electron chi connectivity index (χ4n) is 6.57. The molecule has 25 heavy (non-hydrogen) atoms. The third kappa shape index (κ3) is 2.55. The number of rotatable bonds is 2. The average Bonchev–Trinajstić information content (AvgIpc) is 2.90. The second-order valence-electron chi connectivity index (χ2n) is 9.61. The van der Waals surface area contributed by atoms with Crippen LogP contribution in [0.3, 0.4) is 0 Å². The summed E-state index contributed by atoms with van der Waals surface area (Å²) in [5, 5.41) is 0. The first kappa shape index (κ1) is 17.1. The number of carbonyl (C=O) groups excluding carboxylic acids is 1. The first-order valence-corrected chi connectivity index (χ1v) is 10.1. The van der Waals surface area contributed by atoms with E-state index in [1.807, 2.05) is 0 Å². The number of allylic oxidation sites excluding steroid dienone is 5. The summed E-state index contributed by atoms with van der Waals surface area (Å²) in [7, 11) is 4.20. The zero-order valence-electron chi connectivity index (χ0n) is 16.3. The highest BCUT2D eigenvalue weighted by Gasteiger charge is 2.56. The number of ketones is 1. The molecular weight excluding hydrogens is 306 g/mol. The van der Waals surface area contributed by atoms with Gasteiger partial charge in [0.05, 0.1) is 0 Å². The van der Waals surface area contributed by atoms with Crippen molar-refractivity contribution in [2.75, 3.05) is 14.1 Å². The van der Waals surface area contributed by atoms with E-state index in [1.54, 1.807) is 5.57 Å². The number of nitrogens with zero attached hydrogens (tertiary/aromatic N) is 1. The lowest BCUT2D eigenvalue weighted by atomic mass is 9.47. The van der Waals surface area contributed by atoms with Crippen molar-refractivity contribution in [3.05, 3.63) is 35.6 Å². The molecule has 0 aromatic heterocycles. The summed E-state index contributed by atoms with van der Waals surface area (Å²) in [6, 6.07) is 0. The van der Waals surface area contributed by atoms with Crippen molar-refractivity contribution in [3.8, 4) is 0 Å². The van der Waals surface area contributed by atoms with Crippen LogP contribution < -0.4 is 0 Å². The molecule has 2 saturated carbocycles. The summed E-state index contributed by atoms with van der Waals surface area (Å²) in [6.45, 7) is 4.98. The largest absolute Gasteiger partial charge is 0.383 e. The van der Waals surface area contributed by atoms with Crippen molar-refractivity contribution in [1.82, 2.24) is 4.90 Å². The lowest BCUT2D eigenvalue weighted by Gasteiger charge is -2.57. The van der Waals surface area contributed by atoms with Gasteiger partial charge in [-0.1, -0.05) is 31.6 Å². The SMILES string of the molecule is CN(C)/C=C/C1=CC[C@H]2[C@@H]3CC=C4CC(=O)CC[C@]4(C)[C@H]3CC[C@]12C. The zero-order valence-corrected chi connectivity index (χ0v) is 16.3. The van der Waals surface area contributed by atoms with Gasteiger partial charge < -0.3 is 4.90 Å². The lowest BCUT2D eigenvalue weighted by Crippen LogP contribution is -2.49. The number of hydrogen-bond acceptors (Lipinski definition) is 2. The Balaban J connectivity index is 1.62. The molecule has 0 aliphatic heterocycles. The van der Waals surface area contributed by atoms with E-state index in [0.29, 0.717) is 16.6 Å². The molecule has 4 aliphatic rings. The highest BCUT2D eigenvalue weighted by Crippen LogP contribution is 2.64. The normalized spacial score (nSPS) is 43.2. The van der Waals surface area contributed by atoms with Crippen molar-refractivity contribution in [2.45, 2.75) is 58.8 Å². The summed E-state index contributed by atoms with van der Waals surface area (Å²) >= 11 is 0. The van der Waals surface area contributed by atoms with Crippen LogP contribution in [0.1, 0.15) is 58.8 Å². The fraction of sp³-hybridized carbons (Fsp3) is 0.696. The molecular formula is C23H33NO. The summed E-state index contributed by atoms with van der Waals surface area (Å²) < 4.78 is 0. The number of hydrogen-bond donors (Lipinski definition) is 0. The number of Topliss-reactive ketones (excluding diaryl/α,β-unsaturated/α-hetero) is 1. The van der Waals surface area contributed by atoms with E-state index in [-0.39, 0.29) is 0 Å². The minimum atomic E-state index is 0.292. The monoisotopic (exact) mass is 339 g/mol. The Morgan fingerprint density at radius 1 is 1.08 bits per heavy atom. The van der Waals surface area contributed by atoms with Crippen molar-refractivity contribution >= 4 is 5.78 Å². The molecule has 0 aromatic rings. The van der Waals surface area contributed by atoms with Gasteiger partial charge in [0.2, 0.25) is 0 Å². The van der Waals surface area contributed by atoms with Gasteiger partial charge in [-0.25, -0.2) is 0 Å². The van der Waals surface area contributed by atoms with E-state index in [4.69, 9.17) is 0 Å². The minimum absolute atomic E-state index is 0.292. The first-order chi connectivity index (χ1) is 11.8. The third-order valence-corrected chi connectivity index (χ3v) is 8.13. The van der Waals surface area contributed by atoms with Crippen molar-refractivity contribution < 1.29 is 4.79 Å². The molecule has 0 aromatic carbocycles. The van der Waals surface area contributed by atoms with E-state index in [1.165, 1.54) is 31.3 Å². The van der Waals surface area contributed by atoms with Crippen molar-refractivity contribution in [3.63, 3.8) is 0 Å². The predicted molar refractivity (Wildman–Crippen MR) is 103 cm³/mol. The Hall–Kier alpha value is -1.31. The van der Waals surface area contributed by atoms with Crippen molar-refractivity contribution in [1.29, 1.82) is 0 Å². The fourth-order valence-corrected chi connectivity index (χ4v) is 6.57. The number of fused-ring (bicyclic) bond motifs is 5. The molecule has 136 valence electrons.